The molecule has 12 nitrogen and oxygen atoms in total. The normalized spacial score (nSPS) is 15.1. The Morgan fingerprint density at radius 3 is 1.84 bits per heavy atom. The monoisotopic (exact) mass is 611 g/mol. The fourth-order valence-electron chi connectivity index (χ4n) is 4.19. The van der Waals surface area contributed by atoms with Crippen LogP contribution in [-0.4, -0.2) is 62.0 Å². The van der Waals surface area contributed by atoms with Gasteiger partial charge in [0.1, 0.15) is 23.9 Å². The van der Waals surface area contributed by atoms with Gasteiger partial charge in [-0.2, -0.15) is 0 Å². The molecule has 0 aliphatic carbocycles. The third kappa shape index (κ3) is 14.0. The van der Waals surface area contributed by atoms with Gasteiger partial charge in [-0.3, -0.25) is 4.79 Å². The molecule has 5 atom stereocenters. The third-order valence-corrected chi connectivity index (χ3v) is 6.62. The minimum atomic E-state index is -1.64. The molecule has 1 rings (SSSR count). The number of methoxy groups -OCH3 is 1. The molecule has 244 valence electrons. The van der Waals surface area contributed by atoms with Crippen molar-refractivity contribution >= 4 is 24.4 Å². The molecule has 2 N–H and O–H groups in total. The second-order valence-electron chi connectivity index (χ2n) is 11.0. The summed E-state index contributed by atoms with van der Waals surface area (Å²) in [4.78, 5) is 49.9. The van der Waals surface area contributed by atoms with Crippen molar-refractivity contribution in [3.63, 3.8) is 0 Å². The van der Waals surface area contributed by atoms with Crippen LogP contribution in [0.3, 0.4) is 0 Å². The summed E-state index contributed by atoms with van der Waals surface area (Å²) >= 11 is 0. The molecular weight excluding hydrogens is 562 g/mol. The first-order valence-corrected chi connectivity index (χ1v) is 14.9. The van der Waals surface area contributed by atoms with Crippen molar-refractivity contribution in [3.05, 3.63) is 23.8 Å². The lowest BCUT2D eigenvalue weighted by molar-refractivity contribution is -0.148. The second kappa shape index (κ2) is 18.9. The van der Waals surface area contributed by atoms with Crippen LogP contribution in [0.4, 0.5) is 14.4 Å². The van der Waals surface area contributed by atoms with Gasteiger partial charge in [0.15, 0.2) is 11.5 Å². The number of hydrogen-bond acceptors (Lipinski definition) is 12. The minimum Gasteiger partial charge on any atom is -0.468 e. The zero-order chi connectivity index (χ0) is 32.6. The van der Waals surface area contributed by atoms with E-state index < -0.39 is 42.2 Å². The first-order chi connectivity index (χ1) is 20.3. The molecule has 0 aliphatic rings. The van der Waals surface area contributed by atoms with Crippen LogP contribution in [0.25, 0.3) is 0 Å². The van der Waals surface area contributed by atoms with E-state index in [-0.39, 0.29) is 43.0 Å². The van der Waals surface area contributed by atoms with Crippen molar-refractivity contribution in [2.24, 2.45) is 11.7 Å². The third-order valence-electron chi connectivity index (χ3n) is 6.62. The summed E-state index contributed by atoms with van der Waals surface area (Å²) in [6.45, 7) is 13.1. The predicted octanol–water partition coefficient (Wildman–Crippen LogP) is 6.49. The molecule has 0 aromatic heterocycles. The molecule has 3 unspecified atom stereocenters. The number of carbonyl (C=O) groups is 4. The lowest BCUT2D eigenvalue weighted by atomic mass is 9.86. The van der Waals surface area contributed by atoms with Crippen molar-refractivity contribution in [3.8, 4) is 11.5 Å². The first kappa shape index (κ1) is 37.5. The Bertz CT molecular complexity index is 1050. The van der Waals surface area contributed by atoms with Gasteiger partial charge < -0.3 is 38.9 Å². The summed E-state index contributed by atoms with van der Waals surface area (Å²) in [6.07, 6.45) is -0.932. The molecule has 12 heteroatoms. The molecule has 0 fully saturated rings. The maximum atomic E-state index is 12.8. The Labute approximate surface area is 254 Å². The number of esters is 1. The van der Waals surface area contributed by atoms with E-state index in [1.165, 1.54) is 19.2 Å². The van der Waals surface area contributed by atoms with Crippen LogP contribution >= 0.6 is 0 Å². The number of benzene rings is 1. The van der Waals surface area contributed by atoms with Gasteiger partial charge in [-0.05, 0) is 57.2 Å². The average molecular weight is 612 g/mol. The zero-order valence-corrected chi connectivity index (χ0v) is 26.8. The largest absolute Gasteiger partial charge is 0.514 e. The van der Waals surface area contributed by atoms with Gasteiger partial charge in [0.2, 0.25) is 0 Å². The second-order valence-corrected chi connectivity index (χ2v) is 11.0. The minimum absolute atomic E-state index is 0.0982. The van der Waals surface area contributed by atoms with Gasteiger partial charge in [-0.15, -0.1) is 0 Å². The molecule has 1 aromatic rings. The highest BCUT2D eigenvalue weighted by molar-refractivity contribution is 5.81. The van der Waals surface area contributed by atoms with Crippen LogP contribution < -0.4 is 15.2 Å². The van der Waals surface area contributed by atoms with Crippen molar-refractivity contribution in [1.29, 1.82) is 0 Å². The van der Waals surface area contributed by atoms with Crippen LogP contribution in [0, 0.1) is 5.92 Å². The number of rotatable bonds is 17. The summed E-state index contributed by atoms with van der Waals surface area (Å²) in [5.41, 5.74) is 5.30. The number of hydrogen-bond donors (Lipinski definition) is 1. The zero-order valence-electron chi connectivity index (χ0n) is 26.8. The molecule has 0 saturated heterocycles. The topological polar surface area (TPSA) is 159 Å². The standard InChI is InChI=1S/C31H49NO11/c1-9-12-21(5)39-29(35)42-25-15-14-24(16-26(25)43-30(36)40-22(6)13-10-2)18-31(32,27(33)37-8)17-23(7)41-28(34)38-19-20(4)11-3/h14-16,20-23H,9-13,17-19,32H2,1-8H3/t20?,21-,22?,23-,31?/m0/s1. The molecular formula is C31H49NO11. The molecule has 0 saturated carbocycles. The molecule has 1 aromatic carbocycles. The smallest absolute Gasteiger partial charge is 0.468 e. The number of carbonyl (C=O) groups excluding carboxylic acids is 4. The van der Waals surface area contributed by atoms with Crippen LogP contribution in [0.2, 0.25) is 0 Å². The van der Waals surface area contributed by atoms with E-state index in [9.17, 15) is 19.2 Å². The molecule has 0 heterocycles. The van der Waals surface area contributed by atoms with Crippen molar-refractivity contribution in [2.75, 3.05) is 13.7 Å². The summed E-state index contributed by atoms with van der Waals surface area (Å²) in [7, 11) is 1.19. The predicted molar refractivity (Wildman–Crippen MR) is 158 cm³/mol. The van der Waals surface area contributed by atoms with E-state index in [2.05, 4.69) is 0 Å². The van der Waals surface area contributed by atoms with Crippen molar-refractivity contribution in [1.82, 2.24) is 0 Å². The molecule has 0 bridgehead atoms. The van der Waals surface area contributed by atoms with Crippen LogP contribution in [-0.2, 0) is 34.9 Å². The summed E-state index contributed by atoms with van der Waals surface area (Å²) < 4.78 is 36.7. The molecule has 0 radical (unpaired) electrons. The summed E-state index contributed by atoms with van der Waals surface area (Å²) in [5.74, 6) is -0.820. The van der Waals surface area contributed by atoms with E-state index in [0.717, 1.165) is 19.3 Å². The van der Waals surface area contributed by atoms with Gasteiger partial charge in [0, 0.05) is 12.8 Å². The van der Waals surface area contributed by atoms with Crippen LogP contribution in [0.15, 0.2) is 18.2 Å². The molecule has 0 amide bonds. The van der Waals surface area contributed by atoms with E-state index >= 15 is 0 Å². The fraction of sp³-hybridized carbons (Fsp3) is 0.677. The lowest BCUT2D eigenvalue weighted by Crippen LogP contribution is -2.53. The number of nitrogens with two attached hydrogens (primary N) is 1. The maximum Gasteiger partial charge on any atom is 0.514 e. The van der Waals surface area contributed by atoms with E-state index in [1.807, 2.05) is 27.7 Å². The quantitative estimate of drug-likeness (QED) is 0.116. The fourth-order valence-corrected chi connectivity index (χ4v) is 4.19. The Morgan fingerprint density at radius 2 is 1.33 bits per heavy atom. The first-order valence-electron chi connectivity index (χ1n) is 14.9. The summed E-state index contributed by atoms with van der Waals surface area (Å²) in [5, 5.41) is 0. The van der Waals surface area contributed by atoms with E-state index in [1.54, 1.807) is 26.8 Å². The van der Waals surface area contributed by atoms with Crippen molar-refractivity contribution < 1.29 is 52.3 Å². The van der Waals surface area contributed by atoms with E-state index in [4.69, 9.17) is 38.9 Å². The summed E-state index contributed by atoms with van der Waals surface area (Å²) in [6, 6.07) is 4.34. The Kier molecular flexibility index (Phi) is 16.5. The van der Waals surface area contributed by atoms with Gasteiger partial charge in [0.25, 0.3) is 0 Å². The van der Waals surface area contributed by atoms with Gasteiger partial charge in [-0.25, -0.2) is 14.4 Å². The van der Waals surface area contributed by atoms with Gasteiger partial charge in [-0.1, -0.05) is 53.0 Å². The maximum absolute atomic E-state index is 12.8. The highest BCUT2D eigenvalue weighted by Crippen LogP contribution is 2.32. The number of ether oxygens (including phenoxy) is 7. The van der Waals surface area contributed by atoms with E-state index in [0.29, 0.717) is 18.4 Å². The Hall–Kier alpha value is -3.54. The van der Waals surface area contributed by atoms with Crippen LogP contribution in [0.1, 0.15) is 92.6 Å². The SMILES string of the molecule is CCCC(C)OC(=O)Oc1cc(CC(N)(C[C@H](C)OC(=O)OCC(C)CC)C(=O)OC)ccc1OC(=O)O[C@@H](C)CCC. The molecule has 0 aliphatic heterocycles. The van der Waals surface area contributed by atoms with Crippen molar-refractivity contribution in [2.45, 2.75) is 117 Å². The average Bonchev–Trinajstić information content (AvgIpc) is 2.92. The van der Waals surface area contributed by atoms with Crippen LogP contribution in [0.5, 0.6) is 11.5 Å². The molecule has 43 heavy (non-hydrogen) atoms. The van der Waals surface area contributed by atoms with Gasteiger partial charge in [0.05, 0.1) is 13.7 Å². The Morgan fingerprint density at radius 1 is 0.791 bits per heavy atom. The van der Waals surface area contributed by atoms with Gasteiger partial charge >= 0.3 is 24.4 Å². The molecule has 0 spiro atoms. The lowest BCUT2D eigenvalue weighted by Gasteiger charge is -2.29. The highest BCUT2D eigenvalue weighted by Gasteiger charge is 2.38. The highest BCUT2D eigenvalue weighted by atomic mass is 16.8. The Balaban J connectivity index is 3.21.